The summed E-state index contributed by atoms with van der Waals surface area (Å²) < 4.78 is 42.3. The molecule has 19 nitrogen and oxygen atoms in total. The molecule has 0 bridgehead atoms. The van der Waals surface area contributed by atoms with Crippen molar-refractivity contribution >= 4 is 71.9 Å². The highest BCUT2D eigenvalue weighted by atomic mass is 32.2. The predicted molar refractivity (Wildman–Crippen MR) is 308 cm³/mol. The Kier molecular flexibility index (Phi) is 16.2. The van der Waals surface area contributed by atoms with Crippen molar-refractivity contribution in [1.82, 2.24) is 10.2 Å². The summed E-state index contributed by atoms with van der Waals surface area (Å²) in [6.45, 7) is -0.0804. The predicted octanol–water partition coefficient (Wildman–Crippen LogP) is 8.38. The molecule has 5 aromatic carbocycles. The third kappa shape index (κ3) is 11.0. The number of thiol groups is 1. The van der Waals surface area contributed by atoms with Crippen LogP contribution in [0.1, 0.15) is 41.2 Å². The van der Waals surface area contributed by atoms with Crippen molar-refractivity contribution in [3.63, 3.8) is 0 Å². The molecule has 85 heavy (non-hydrogen) atoms. The molecule has 0 spiro atoms. The SMILES string of the molecule is CC1=C(C#N)C(=O)N(C(=O)OCc2ccccc2)C(=O)C1=NC1NC2=C(S1)C1=CC3C=C4OC(C(=O)OCc5ccccc5)(C(=O)OCc5ccccc5)C(N)=C(S)C4CC3C=C1OC2(C(=O)OCc1ccccc1)C(=O)OCc1ccccc1. The number of esters is 4. The normalized spacial score (nSPS) is 21.1. The quantitative estimate of drug-likeness (QED) is 0.0292. The number of amides is 3. The lowest BCUT2D eigenvalue weighted by Crippen LogP contribution is -2.58. The van der Waals surface area contributed by atoms with Gasteiger partial charge in [-0.3, -0.25) is 9.59 Å². The maximum Gasteiger partial charge on any atom is 0.424 e. The first-order valence-corrected chi connectivity index (χ1v) is 28.1. The van der Waals surface area contributed by atoms with E-state index in [2.05, 4.69) is 5.32 Å². The van der Waals surface area contributed by atoms with E-state index >= 15 is 9.59 Å². The lowest BCUT2D eigenvalue weighted by atomic mass is 9.72. The highest BCUT2D eigenvalue weighted by Gasteiger charge is 2.64. The molecule has 428 valence electrons. The van der Waals surface area contributed by atoms with Crippen molar-refractivity contribution in [3.8, 4) is 6.07 Å². The number of allylic oxidation sites excluding steroid dienone is 5. The lowest BCUT2D eigenvalue weighted by molar-refractivity contribution is -0.186. The van der Waals surface area contributed by atoms with Crippen molar-refractivity contribution in [2.24, 2.45) is 28.5 Å². The van der Waals surface area contributed by atoms with Crippen LogP contribution in [-0.4, -0.2) is 69.1 Å². The summed E-state index contributed by atoms with van der Waals surface area (Å²) in [5, 5.41) is 13.4. The zero-order valence-electron chi connectivity index (χ0n) is 45.2. The van der Waals surface area contributed by atoms with E-state index in [4.69, 9.17) is 56.5 Å². The van der Waals surface area contributed by atoms with Gasteiger partial charge in [0.2, 0.25) is 0 Å². The summed E-state index contributed by atoms with van der Waals surface area (Å²) in [4.78, 5) is 106. The monoisotopic (exact) mass is 1180 g/mol. The fraction of sp³-hybridized carbons (Fsp3) is 0.203. The number of imide groups is 3. The fourth-order valence-corrected chi connectivity index (χ4v) is 12.0. The van der Waals surface area contributed by atoms with Gasteiger partial charge in [-0.2, -0.15) is 10.2 Å². The van der Waals surface area contributed by atoms with E-state index in [1.54, 1.807) is 176 Å². The Morgan fingerprint density at radius 3 is 1.56 bits per heavy atom. The molecule has 3 N–H and O–H groups in total. The van der Waals surface area contributed by atoms with Gasteiger partial charge >= 0.3 is 41.2 Å². The molecule has 21 heteroatoms. The van der Waals surface area contributed by atoms with Crippen LogP contribution in [0.5, 0.6) is 0 Å². The number of thioether (sulfide) groups is 1. The first-order valence-electron chi connectivity index (χ1n) is 26.7. The van der Waals surface area contributed by atoms with Crippen LogP contribution in [0.4, 0.5) is 4.79 Å². The zero-order valence-corrected chi connectivity index (χ0v) is 46.9. The van der Waals surface area contributed by atoms with Crippen LogP contribution in [0.15, 0.2) is 224 Å². The average Bonchev–Trinajstić information content (AvgIpc) is 2.14. The number of nitriles is 1. The lowest BCUT2D eigenvalue weighted by Gasteiger charge is -2.44. The minimum absolute atomic E-state index is 0.0417. The summed E-state index contributed by atoms with van der Waals surface area (Å²) in [7, 11) is 0. The number of ether oxygens (including phenoxy) is 7. The van der Waals surface area contributed by atoms with Crippen molar-refractivity contribution in [3.05, 3.63) is 247 Å². The standard InChI is InChI=1S/C64H51N5O14S2/c1-37-47(31-65)55(70)69(62(76)81-36-42-25-15-6-16-26-42)56(71)50(37)67-61-68-54-52(85-61)46-28-44-29-48-45(51(84)53(66)63(82-48,57(72)77-32-38-17-7-2-8-18-38)58(73)78-33-39-19-9-3-10-20-39)27-43(44)30-49(46)83-64(54,59(74)79-34-40-21-11-4-12-22-40)60(75)80-35-41-23-13-5-14-24-41/h2-26,28-30,43-45,61,68,84H,27,32-36,66H2,1H3. The van der Waals surface area contributed by atoms with E-state index in [1.807, 2.05) is 0 Å². The van der Waals surface area contributed by atoms with Crippen LogP contribution in [0.2, 0.25) is 0 Å². The summed E-state index contributed by atoms with van der Waals surface area (Å²) in [5.41, 5.74) is 1.60. The number of carbonyl (C=O) groups excluding carboxylic acids is 7. The van der Waals surface area contributed by atoms with Crippen molar-refractivity contribution in [1.29, 1.82) is 5.26 Å². The van der Waals surface area contributed by atoms with Gasteiger partial charge in [0.1, 0.15) is 61.9 Å². The maximum atomic E-state index is 15.2. The molecule has 6 aliphatic rings. The molecule has 0 fully saturated rings. The largest absolute Gasteiger partial charge is 0.463 e. The molecule has 11 rings (SSSR count). The number of benzene rings is 5. The van der Waals surface area contributed by atoms with E-state index < -0.39 is 87.5 Å². The highest BCUT2D eigenvalue weighted by Crippen LogP contribution is 2.55. The molecular formula is C64H51N5O14S2. The molecule has 2 aliphatic carbocycles. The molecule has 4 unspecified atom stereocenters. The van der Waals surface area contributed by atoms with Gasteiger partial charge in [-0.1, -0.05) is 169 Å². The first kappa shape index (κ1) is 56.9. The van der Waals surface area contributed by atoms with Gasteiger partial charge in [0, 0.05) is 32.8 Å². The molecule has 3 amide bonds. The smallest absolute Gasteiger partial charge is 0.424 e. The van der Waals surface area contributed by atoms with Crippen LogP contribution in [-0.2, 0) is 95.0 Å². The number of carbonyl (C=O) groups is 7. The molecule has 0 aromatic heterocycles. The van der Waals surface area contributed by atoms with Gasteiger partial charge in [-0.15, -0.1) is 12.6 Å². The van der Waals surface area contributed by atoms with Gasteiger partial charge in [0.05, 0.1) is 11.4 Å². The molecule has 4 heterocycles. The third-order valence-corrected chi connectivity index (χ3v) is 16.5. The Morgan fingerprint density at radius 2 is 1.11 bits per heavy atom. The van der Waals surface area contributed by atoms with E-state index in [-0.39, 0.29) is 82.7 Å². The Bertz CT molecular complexity index is 3710. The van der Waals surface area contributed by atoms with Crippen LogP contribution < -0.4 is 11.1 Å². The molecule has 5 aromatic rings. The average molecular weight is 1180 g/mol. The van der Waals surface area contributed by atoms with Crippen molar-refractivity contribution in [2.45, 2.75) is 63.1 Å². The minimum Gasteiger partial charge on any atom is -0.463 e. The maximum absolute atomic E-state index is 15.2. The number of hydrogen-bond acceptors (Lipinski definition) is 20. The Labute approximate surface area is 496 Å². The first-order chi connectivity index (χ1) is 41.2. The Morgan fingerprint density at radius 1 is 0.659 bits per heavy atom. The topological polar surface area (TPSA) is 262 Å². The summed E-state index contributed by atoms with van der Waals surface area (Å²) in [6.07, 6.45) is 4.04. The number of nitrogens with two attached hydrogens (primary N) is 1. The number of fused-ring (bicyclic) bond motifs is 4. The van der Waals surface area contributed by atoms with Crippen LogP contribution >= 0.6 is 24.4 Å². The van der Waals surface area contributed by atoms with Crippen molar-refractivity contribution < 1.29 is 66.7 Å². The highest BCUT2D eigenvalue weighted by molar-refractivity contribution is 8.04. The molecule has 0 saturated carbocycles. The number of nitrogens with zero attached hydrogens (tertiary/aromatic N) is 3. The van der Waals surface area contributed by atoms with E-state index in [9.17, 15) is 29.2 Å². The second-order valence-corrected chi connectivity index (χ2v) is 21.8. The Balaban J connectivity index is 0.992. The number of nitrogens with one attached hydrogen (secondary N) is 1. The molecular weight excluding hydrogens is 1130 g/mol. The van der Waals surface area contributed by atoms with Gasteiger partial charge in [0.15, 0.2) is 5.50 Å². The molecule has 4 aliphatic heterocycles. The number of hydrogen-bond donors (Lipinski definition) is 3. The van der Waals surface area contributed by atoms with E-state index in [0.717, 1.165) is 11.8 Å². The number of aliphatic imine (C=N–C) groups is 1. The molecule has 0 radical (unpaired) electrons. The molecule has 4 atom stereocenters. The minimum atomic E-state index is -2.75. The summed E-state index contributed by atoms with van der Waals surface area (Å²) in [5.74, 6) is -8.81. The van der Waals surface area contributed by atoms with E-state index in [1.165, 1.54) is 6.92 Å². The van der Waals surface area contributed by atoms with Gasteiger partial charge in [-0.05, 0) is 59.2 Å². The molecule has 0 saturated heterocycles. The second kappa shape index (κ2) is 24.1. The van der Waals surface area contributed by atoms with Crippen LogP contribution in [0, 0.1) is 29.1 Å². The van der Waals surface area contributed by atoms with Crippen LogP contribution in [0.3, 0.4) is 0 Å². The third-order valence-electron chi connectivity index (χ3n) is 14.8. The van der Waals surface area contributed by atoms with Gasteiger partial charge in [0.25, 0.3) is 11.8 Å². The van der Waals surface area contributed by atoms with E-state index in [0.29, 0.717) is 33.4 Å². The second-order valence-electron chi connectivity index (χ2n) is 20.2. The zero-order chi connectivity index (χ0) is 59.4. The van der Waals surface area contributed by atoms with Gasteiger partial charge in [-0.25, -0.2) is 29.0 Å². The van der Waals surface area contributed by atoms with Gasteiger partial charge < -0.3 is 44.2 Å². The van der Waals surface area contributed by atoms with Crippen LogP contribution in [0.25, 0.3) is 0 Å². The fourth-order valence-electron chi connectivity index (χ4n) is 10.4. The van der Waals surface area contributed by atoms with Crippen molar-refractivity contribution in [2.75, 3.05) is 0 Å². The Hall–Kier alpha value is -9.91. The summed E-state index contributed by atoms with van der Waals surface area (Å²) >= 11 is 5.82. The summed E-state index contributed by atoms with van der Waals surface area (Å²) in [6, 6.07) is 45.4. The number of rotatable bonds is 15.